The first-order chi connectivity index (χ1) is 13.2. The molecule has 1 fully saturated rings. The van der Waals surface area contributed by atoms with Crippen LogP contribution in [0.4, 0.5) is 0 Å². The normalized spacial score (nSPS) is 19.7. The summed E-state index contributed by atoms with van der Waals surface area (Å²) in [6.45, 7) is 4.05. The van der Waals surface area contributed by atoms with Crippen LogP contribution in [0.3, 0.4) is 0 Å². The fourth-order valence-electron chi connectivity index (χ4n) is 4.42. The van der Waals surface area contributed by atoms with Crippen molar-refractivity contribution in [3.63, 3.8) is 0 Å². The number of hydrogen-bond acceptors (Lipinski definition) is 3. The van der Waals surface area contributed by atoms with Gasteiger partial charge in [-0.05, 0) is 61.2 Å². The van der Waals surface area contributed by atoms with Crippen LogP contribution in [0.5, 0.6) is 5.75 Å². The van der Waals surface area contributed by atoms with Crippen molar-refractivity contribution in [1.82, 2.24) is 9.80 Å². The Balaban J connectivity index is 1.56. The summed E-state index contributed by atoms with van der Waals surface area (Å²) in [4.78, 5) is 17.9. The molecule has 2 aromatic carbocycles. The first-order valence-corrected chi connectivity index (χ1v) is 9.97. The third-order valence-corrected chi connectivity index (χ3v) is 5.85. The summed E-state index contributed by atoms with van der Waals surface area (Å²) in [5.41, 5.74) is 3.74. The second-order valence-corrected chi connectivity index (χ2v) is 7.59. The van der Waals surface area contributed by atoms with Crippen LogP contribution in [0, 0.1) is 0 Å². The molecular formula is C23H28N2O2. The lowest BCUT2D eigenvalue weighted by molar-refractivity contribution is -0.133. The number of benzene rings is 2. The largest absolute Gasteiger partial charge is 0.497 e. The molecule has 0 saturated carbocycles. The van der Waals surface area contributed by atoms with Gasteiger partial charge in [0.1, 0.15) is 5.75 Å². The molecule has 0 aliphatic carbocycles. The molecule has 2 aliphatic heterocycles. The second kappa shape index (κ2) is 8.13. The van der Waals surface area contributed by atoms with Crippen molar-refractivity contribution in [1.29, 1.82) is 0 Å². The van der Waals surface area contributed by atoms with E-state index in [-0.39, 0.29) is 11.9 Å². The summed E-state index contributed by atoms with van der Waals surface area (Å²) < 4.78 is 5.31. The number of likely N-dealkylation sites (tertiary alicyclic amines) is 1. The highest BCUT2D eigenvalue weighted by molar-refractivity contribution is 5.80. The van der Waals surface area contributed by atoms with E-state index in [2.05, 4.69) is 34.1 Å². The number of rotatable bonds is 5. The Labute approximate surface area is 161 Å². The summed E-state index contributed by atoms with van der Waals surface area (Å²) in [7, 11) is 1.66. The Bertz CT molecular complexity index is 798. The maximum atomic E-state index is 13.2. The highest BCUT2D eigenvalue weighted by atomic mass is 16.5. The molecule has 4 heteroatoms. The molecule has 1 saturated heterocycles. The van der Waals surface area contributed by atoms with Gasteiger partial charge in [-0.3, -0.25) is 4.79 Å². The van der Waals surface area contributed by atoms with Crippen LogP contribution in [0.15, 0.2) is 48.5 Å². The lowest BCUT2D eigenvalue weighted by Crippen LogP contribution is -2.45. The Morgan fingerprint density at radius 2 is 1.89 bits per heavy atom. The van der Waals surface area contributed by atoms with E-state index in [4.69, 9.17) is 4.74 Å². The van der Waals surface area contributed by atoms with E-state index >= 15 is 0 Å². The molecular weight excluding hydrogens is 336 g/mol. The Morgan fingerprint density at radius 3 is 2.70 bits per heavy atom. The predicted octanol–water partition coefficient (Wildman–Crippen LogP) is 3.46. The number of hydrogen-bond donors (Lipinski definition) is 0. The van der Waals surface area contributed by atoms with Crippen LogP contribution in [0.25, 0.3) is 0 Å². The number of carbonyl (C=O) groups is 1. The number of fused-ring (bicyclic) bond motifs is 1. The molecule has 0 aromatic heterocycles. The molecule has 4 rings (SSSR count). The summed E-state index contributed by atoms with van der Waals surface area (Å²) in [6, 6.07) is 16.6. The van der Waals surface area contributed by atoms with Gasteiger partial charge >= 0.3 is 0 Å². The molecule has 0 N–H and O–H groups in total. The number of carbonyl (C=O) groups excluding carboxylic acids is 1. The Morgan fingerprint density at radius 1 is 1.07 bits per heavy atom. The minimum Gasteiger partial charge on any atom is -0.497 e. The van der Waals surface area contributed by atoms with Crippen molar-refractivity contribution in [2.24, 2.45) is 0 Å². The third kappa shape index (κ3) is 4.01. The van der Waals surface area contributed by atoms with Crippen LogP contribution in [-0.2, 0) is 17.6 Å². The highest BCUT2D eigenvalue weighted by Crippen LogP contribution is 2.32. The van der Waals surface area contributed by atoms with Crippen molar-refractivity contribution in [3.8, 4) is 5.75 Å². The molecule has 27 heavy (non-hydrogen) atoms. The van der Waals surface area contributed by atoms with Crippen molar-refractivity contribution < 1.29 is 9.53 Å². The van der Waals surface area contributed by atoms with E-state index in [1.54, 1.807) is 7.11 Å². The zero-order valence-corrected chi connectivity index (χ0v) is 16.1. The average Bonchev–Trinajstić information content (AvgIpc) is 3.21. The molecule has 4 nitrogen and oxygen atoms in total. The zero-order chi connectivity index (χ0) is 18.6. The van der Waals surface area contributed by atoms with Gasteiger partial charge in [-0.25, -0.2) is 0 Å². The molecule has 0 radical (unpaired) electrons. The quantitative estimate of drug-likeness (QED) is 0.815. The van der Waals surface area contributed by atoms with Gasteiger partial charge in [-0.2, -0.15) is 0 Å². The Hall–Kier alpha value is -2.33. The number of methoxy groups -OCH3 is 1. The van der Waals surface area contributed by atoms with E-state index in [0.717, 1.165) is 43.9 Å². The van der Waals surface area contributed by atoms with E-state index in [9.17, 15) is 4.79 Å². The third-order valence-electron chi connectivity index (χ3n) is 5.85. The van der Waals surface area contributed by atoms with E-state index < -0.39 is 0 Å². The Kier molecular flexibility index (Phi) is 5.44. The first-order valence-electron chi connectivity index (χ1n) is 9.97. The van der Waals surface area contributed by atoms with Gasteiger partial charge in [0.15, 0.2) is 0 Å². The van der Waals surface area contributed by atoms with Gasteiger partial charge < -0.3 is 14.5 Å². The standard InChI is InChI=1S/C23H28N2O2/c1-27-20-9-6-7-18(15-20)16-23(26)25-14-11-19-8-2-3-10-21(19)22(25)17-24-12-4-5-13-24/h2-3,6-10,15,22H,4-5,11-14,16-17H2,1H3. The number of ether oxygens (including phenoxy) is 1. The fraction of sp³-hybridized carbons (Fsp3) is 0.435. The lowest BCUT2D eigenvalue weighted by atomic mass is 9.91. The molecule has 0 bridgehead atoms. The molecule has 0 spiro atoms. The van der Waals surface area contributed by atoms with Crippen molar-refractivity contribution in [3.05, 3.63) is 65.2 Å². The molecule has 1 amide bonds. The molecule has 2 heterocycles. The van der Waals surface area contributed by atoms with Crippen molar-refractivity contribution in [2.45, 2.75) is 31.7 Å². The summed E-state index contributed by atoms with van der Waals surface area (Å²) in [6.07, 6.45) is 3.91. The topological polar surface area (TPSA) is 32.8 Å². The van der Waals surface area contributed by atoms with Crippen molar-refractivity contribution >= 4 is 5.91 Å². The van der Waals surface area contributed by atoms with Crippen LogP contribution in [-0.4, -0.2) is 49.0 Å². The SMILES string of the molecule is COc1cccc(CC(=O)N2CCc3ccccc3C2CN2CCCC2)c1. The van der Waals surface area contributed by atoms with Gasteiger partial charge in [0.25, 0.3) is 0 Å². The van der Waals surface area contributed by atoms with Gasteiger partial charge in [0.2, 0.25) is 5.91 Å². The van der Waals surface area contributed by atoms with Gasteiger partial charge in [-0.1, -0.05) is 36.4 Å². The number of nitrogens with zero attached hydrogens (tertiary/aromatic N) is 2. The minimum absolute atomic E-state index is 0.158. The molecule has 1 atom stereocenters. The smallest absolute Gasteiger partial charge is 0.227 e. The van der Waals surface area contributed by atoms with Crippen LogP contribution in [0.1, 0.15) is 35.6 Å². The molecule has 142 valence electrons. The van der Waals surface area contributed by atoms with Gasteiger partial charge in [-0.15, -0.1) is 0 Å². The fourth-order valence-corrected chi connectivity index (χ4v) is 4.42. The summed E-state index contributed by atoms with van der Waals surface area (Å²) in [5, 5.41) is 0. The van der Waals surface area contributed by atoms with Crippen LogP contribution >= 0.6 is 0 Å². The first kappa shape index (κ1) is 18.1. The number of amides is 1. The van der Waals surface area contributed by atoms with Gasteiger partial charge in [0, 0.05) is 13.1 Å². The maximum absolute atomic E-state index is 13.2. The van der Waals surface area contributed by atoms with Crippen LogP contribution in [0.2, 0.25) is 0 Å². The zero-order valence-electron chi connectivity index (χ0n) is 16.1. The molecule has 2 aliphatic rings. The second-order valence-electron chi connectivity index (χ2n) is 7.59. The van der Waals surface area contributed by atoms with Crippen LogP contribution < -0.4 is 4.74 Å². The maximum Gasteiger partial charge on any atom is 0.227 e. The van der Waals surface area contributed by atoms with E-state index in [1.165, 1.54) is 24.0 Å². The lowest BCUT2D eigenvalue weighted by Gasteiger charge is -2.39. The highest BCUT2D eigenvalue weighted by Gasteiger charge is 2.32. The summed E-state index contributed by atoms with van der Waals surface area (Å²) >= 11 is 0. The molecule has 1 unspecified atom stereocenters. The van der Waals surface area contributed by atoms with Gasteiger partial charge in [0.05, 0.1) is 19.6 Å². The summed E-state index contributed by atoms with van der Waals surface area (Å²) in [5.74, 6) is 1.01. The van der Waals surface area contributed by atoms with E-state index in [1.807, 2.05) is 24.3 Å². The van der Waals surface area contributed by atoms with E-state index in [0.29, 0.717) is 6.42 Å². The monoisotopic (exact) mass is 364 g/mol. The predicted molar refractivity (Wildman–Crippen MR) is 107 cm³/mol. The minimum atomic E-state index is 0.158. The van der Waals surface area contributed by atoms with Crippen molar-refractivity contribution in [2.75, 3.05) is 33.3 Å². The molecule has 2 aromatic rings. The average molecular weight is 364 g/mol.